The Morgan fingerprint density at radius 1 is 1.07 bits per heavy atom. The number of halogens is 1. The van der Waals surface area contributed by atoms with Crippen molar-refractivity contribution in [1.29, 1.82) is 0 Å². The summed E-state index contributed by atoms with van der Waals surface area (Å²) < 4.78 is 13.2. The summed E-state index contributed by atoms with van der Waals surface area (Å²) in [6.07, 6.45) is 6.27. The smallest absolute Gasteiger partial charge is 0.197 e. The Morgan fingerprint density at radius 3 is 2.64 bits per heavy atom. The van der Waals surface area contributed by atoms with E-state index in [1.54, 1.807) is 12.1 Å². The number of likely N-dealkylation sites (N-methyl/N-ethyl adjacent to an activating group) is 1. The summed E-state index contributed by atoms with van der Waals surface area (Å²) in [6.45, 7) is 2.95. The molecule has 2 heterocycles. The number of rotatable bonds is 5. The van der Waals surface area contributed by atoms with Crippen LogP contribution in [0.4, 0.5) is 4.39 Å². The number of hydrogen-bond acceptors (Lipinski definition) is 3. The summed E-state index contributed by atoms with van der Waals surface area (Å²) >= 11 is 0. The number of benzene rings is 2. The summed E-state index contributed by atoms with van der Waals surface area (Å²) in [4.78, 5) is 9.61. The second kappa shape index (κ2) is 8.76. The van der Waals surface area contributed by atoms with Crippen LogP contribution in [0.1, 0.15) is 42.9 Å². The van der Waals surface area contributed by atoms with Gasteiger partial charge in [-0.05, 0) is 61.3 Å². The molecular weight excluding hydrogens is 349 g/mol. The summed E-state index contributed by atoms with van der Waals surface area (Å²) in [5.41, 5.74) is 2.58. The first-order chi connectivity index (χ1) is 13.7. The summed E-state index contributed by atoms with van der Waals surface area (Å²) in [5.74, 6) is 1.68. The molecule has 1 fully saturated rings. The van der Waals surface area contributed by atoms with Crippen LogP contribution >= 0.6 is 0 Å². The maximum atomic E-state index is 13.2. The lowest BCUT2D eigenvalue weighted by Gasteiger charge is -2.37. The van der Waals surface area contributed by atoms with E-state index in [1.165, 1.54) is 37.7 Å². The number of aliphatic imine (C=N–C) groups is 1. The average Bonchev–Trinajstić information content (AvgIpc) is 3.11. The fourth-order valence-electron chi connectivity index (χ4n) is 4.60. The summed E-state index contributed by atoms with van der Waals surface area (Å²) in [7, 11) is 2.12. The van der Waals surface area contributed by atoms with Crippen molar-refractivity contribution in [2.24, 2.45) is 10.9 Å². The predicted octanol–water partition coefficient (Wildman–Crippen LogP) is 4.90. The summed E-state index contributed by atoms with van der Waals surface area (Å²) in [5, 5.41) is 0. The molecule has 0 saturated carbocycles. The van der Waals surface area contributed by atoms with E-state index >= 15 is 0 Å². The van der Waals surface area contributed by atoms with Gasteiger partial charge in [0.2, 0.25) is 0 Å². The van der Waals surface area contributed by atoms with E-state index < -0.39 is 0 Å². The molecule has 4 rings (SSSR count). The minimum Gasteiger partial charge on any atom is -0.343 e. The third kappa shape index (κ3) is 4.37. The molecule has 4 heteroatoms. The lowest BCUT2D eigenvalue weighted by atomic mass is 9.92. The monoisotopic (exact) mass is 379 g/mol. The maximum Gasteiger partial charge on any atom is 0.197 e. The Balaban J connectivity index is 1.31. The standard InChI is InChI=1S/C24H30FN3/c1-27-23(21-12-14-22(25)15-13-21)17-26-24(27)28-16-6-11-20(18-28)10-5-9-19-7-3-2-4-8-19/h2-4,7-8,12-15,20,23H,5-6,9-11,16-18H2,1H3. The highest BCUT2D eigenvalue weighted by Crippen LogP contribution is 2.29. The molecule has 148 valence electrons. The zero-order valence-corrected chi connectivity index (χ0v) is 16.7. The van der Waals surface area contributed by atoms with Gasteiger partial charge in [-0.15, -0.1) is 0 Å². The second-order valence-electron chi connectivity index (χ2n) is 8.15. The normalized spacial score (nSPS) is 22.4. The molecule has 0 spiro atoms. The van der Waals surface area contributed by atoms with Gasteiger partial charge < -0.3 is 9.80 Å². The topological polar surface area (TPSA) is 18.8 Å². The highest BCUT2D eigenvalue weighted by Gasteiger charge is 2.31. The molecular formula is C24H30FN3. The molecule has 28 heavy (non-hydrogen) atoms. The SMILES string of the molecule is CN1C(N2CCCC(CCCc3ccccc3)C2)=NCC1c1ccc(F)cc1. The number of aryl methyl sites for hydroxylation is 1. The van der Waals surface area contributed by atoms with Gasteiger partial charge in [-0.25, -0.2) is 4.39 Å². The predicted molar refractivity (Wildman–Crippen MR) is 113 cm³/mol. The Kier molecular flexibility index (Phi) is 5.94. The van der Waals surface area contributed by atoms with Gasteiger partial charge in [-0.2, -0.15) is 0 Å². The molecule has 3 nitrogen and oxygen atoms in total. The Hall–Kier alpha value is -2.36. The van der Waals surface area contributed by atoms with E-state index in [0.717, 1.165) is 37.1 Å². The molecule has 2 atom stereocenters. The van der Waals surface area contributed by atoms with Crippen LogP contribution in [0.3, 0.4) is 0 Å². The van der Waals surface area contributed by atoms with E-state index in [2.05, 4.69) is 47.2 Å². The van der Waals surface area contributed by atoms with Gasteiger partial charge in [0.05, 0.1) is 12.6 Å². The Morgan fingerprint density at radius 2 is 1.86 bits per heavy atom. The molecule has 0 bridgehead atoms. The molecule has 0 aliphatic carbocycles. The van der Waals surface area contributed by atoms with Crippen molar-refractivity contribution in [2.75, 3.05) is 26.7 Å². The van der Waals surface area contributed by atoms with Gasteiger partial charge in [-0.3, -0.25) is 4.99 Å². The number of nitrogens with zero attached hydrogens (tertiary/aromatic N) is 3. The quantitative estimate of drug-likeness (QED) is 0.736. The van der Waals surface area contributed by atoms with E-state index in [4.69, 9.17) is 4.99 Å². The molecule has 0 radical (unpaired) electrons. The largest absolute Gasteiger partial charge is 0.343 e. The highest BCUT2D eigenvalue weighted by atomic mass is 19.1. The van der Waals surface area contributed by atoms with Crippen LogP contribution in [-0.2, 0) is 6.42 Å². The molecule has 2 aliphatic heterocycles. The molecule has 0 amide bonds. The van der Waals surface area contributed by atoms with Gasteiger partial charge in [0.25, 0.3) is 0 Å². The molecule has 2 aliphatic rings. The van der Waals surface area contributed by atoms with E-state index in [1.807, 2.05) is 12.1 Å². The van der Waals surface area contributed by atoms with Crippen LogP contribution in [0, 0.1) is 11.7 Å². The maximum absolute atomic E-state index is 13.2. The summed E-state index contributed by atoms with van der Waals surface area (Å²) in [6, 6.07) is 17.9. The zero-order chi connectivity index (χ0) is 19.3. The highest BCUT2D eigenvalue weighted by molar-refractivity contribution is 5.82. The van der Waals surface area contributed by atoms with Crippen molar-refractivity contribution < 1.29 is 4.39 Å². The Bertz CT molecular complexity index is 787. The zero-order valence-electron chi connectivity index (χ0n) is 16.7. The molecule has 2 aromatic rings. The number of likely N-dealkylation sites (tertiary alicyclic amines) is 1. The fourth-order valence-corrected chi connectivity index (χ4v) is 4.60. The van der Waals surface area contributed by atoms with Crippen LogP contribution in [0.5, 0.6) is 0 Å². The van der Waals surface area contributed by atoms with Crippen LogP contribution in [0.2, 0.25) is 0 Å². The first kappa shape index (κ1) is 19.0. The molecule has 2 unspecified atom stereocenters. The molecule has 0 aromatic heterocycles. The van der Waals surface area contributed by atoms with E-state index in [0.29, 0.717) is 0 Å². The van der Waals surface area contributed by atoms with Crippen LogP contribution in [0.15, 0.2) is 59.6 Å². The van der Waals surface area contributed by atoms with Crippen molar-refractivity contribution in [3.8, 4) is 0 Å². The first-order valence-corrected chi connectivity index (χ1v) is 10.5. The van der Waals surface area contributed by atoms with E-state index in [-0.39, 0.29) is 11.9 Å². The van der Waals surface area contributed by atoms with E-state index in [9.17, 15) is 4.39 Å². The van der Waals surface area contributed by atoms with Crippen molar-refractivity contribution in [2.45, 2.75) is 38.1 Å². The fraction of sp³-hybridized carbons (Fsp3) is 0.458. The third-order valence-electron chi connectivity index (χ3n) is 6.17. The first-order valence-electron chi connectivity index (χ1n) is 10.5. The van der Waals surface area contributed by atoms with Crippen molar-refractivity contribution in [3.63, 3.8) is 0 Å². The molecule has 0 N–H and O–H groups in total. The van der Waals surface area contributed by atoms with Gasteiger partial charge in [0, 0.05) is 20.1 Å². The van der Waals surface area contributed by atoms with Crippen molar-refractivity contribution in [3.05, 3.63) is 71.5 Å². The van der Waals surface area contributed by atoms with Gasteiger partial charge >= 0.3 is 0 Å². The van der Waals surface area contributed by atoms with Gasteiger partial charge in [0.15, 0.2) is 5.96 Å². The number of piperidine rings is 1. The van der Waals surface area contributed by atoms with Gasteiger partial charge in [-0.1, -0.05) is 42.5 Å². The van der Waals surface area contributed by atoms with Crippen LogP contribution in [-0.4, -0.2) is 42.4 Å². The number of guanidine groups is 1. The number of hydrogen-bond donors (Lipinski definition) is 0. The second-order valence-corrected chi connectivity index (χ2v) is 8.15. The minimum absolute atomic E-state index is 0.181. The van der Waals surface area contributed by atoms with Crippen LogP contribution < -0.4 is 0 Å². The average molecular weight is 380 g/mol. The lowest BCUT2D eigenvalue weighted by molar-refractivity contribution is 0.221. The van der Waals surface area contributed by atoms with Crippen molar-refractivity contribution in [1.82, 2.24) is 9.80 Å². The minimum atomic E-state index is -0.181. The van der Waals surface area contributed by atoms with Gasteiger partial charge in [0.1, 0.15) is 5.82 Å². The van der Waals surface area contributed by atoms with Crippen molar-refractivity contribution >= 4 is 5.96 Å². The lowest BCUT2D eigenvalue weighted by Crippen LogP contribution is -2.46. The molecule has 1 saturated heterocycles. The molecule has 2 aromatic carbocycles. The third-order valence-corrected chi connectivity index (χ3v) is 6.17. The Labute approximate surface area is 167 Å². The van der Waals surface area contributed by atoms with Crippen LogP contribution in [0.25, 0.3) is 0 Å².